The van der Waals surface area contributed by atoms with Gasteiger partial charge >= 0.3 is 0 Å². The van der Waals surface area contributed by atoms with E-state index in [4.69, 9.17) is 4.74 Å². The Balaban J connectivity index is 0.936. The molecule has 2 heteroatoms. The lowest BCUT2D eigenvalue weighted by Gasteiger charge is -2.39. The number of allylic oxidation sites excluding steroid dienone is 2. The second kappa shape index (κ2) is 15.2. The largest absolute Gasteiger partial charge is 0.457 e. The van der Waals surface area contributed by atoms with Gasteiger partial charge in [0.15, 0.2) is 0 Å². The Kier molecular flexibility index (Phi) is 8.90. The SMILES string of the molecule is C1=CC(N(c2ccc(-c3ccccc3)cc2)c2cccc(-c3cccc(-c4ccc5c(c4)C4(c6ccccc6Oc6ccccc64)c4ccccc4-5)c3)c2)CC=C1c1ccccc1. The molecule has 63 heavy (non-hydrogen) atoms. The van der Waals surface area contributed by atoms with Crippen molar-refractivity contribution in [3.05, 3.63) is 271 Å². The first kappa shape index (κ1) is 36.9. The summed E-state index contributed by atoms with van der Waals surface area (Å²) in [5.74, 6) is 1.81. The van der Waals surface area contributed by atoms with Crippen molar-refractivity contribution in [2.24, 2.45) is 0 Å². The Morgan fingerprint density at radius 1 is 0.381 bits per heavy atom. The summed E-state index contributed by atoms with van der Waals surface area (Å²) in [5, 5.41) is 0. The molecule has 2 aliphatic carbocycles. The minimum atomic E-state index is -0.507. The third kappa shape index (κ3) is 6.17. The van der Waals surface area contributed by atoms with Crippen molar-refractivity contribution < 1.29 is 4.74 Å². The Labute approximate surface area is 369 Å². The zero-order valence-corrected chi connectivity index (χ0v) is 34.7. The van der Waals surface area contributed by atoms with E-state index in [-0.39, 0.29) is 6.04 Å². The highest BCUT2D eigenvalue weighted by atomic mass is 16.5. The summed E-state index contributed by atoms with van der Waals surface area (Å²) in [4.78, 5) is 2.50. The molecular weight excluding hydrogens is 763 g/mol. The van der Waals surface area contributed by atoms with Gasteiger partial charge in [-0.15, -0.1) is 0 Å². The van der Waals surface area contributed by atoms with E-state index in [1.165, 1.54) is 77.9 Å². The van der Waals surface area contributed by atoms with Gasteiger partial charge in [-0.2, -0.15) is 0 Å². The lowest BCUT2D eigenvalue weighted by molar-refractivity contribution is 0.436. The standard InChI is InChI=1S/C61H43NO/c1-3-15-42(16-4-1)44-29-34-50(35-30-44)62(51-36-31-45(32-37-51)43-17-5-2-6-18-43)52-22-14-21-48(40-52)46-19-13-20-47(39-46)49-33-38-54-53-23-7-8-24-55(53)61(58(54)41-49)56-25-9-11-27-59(56)63-60-28-12-10-26-57(60)61/h1-36,38-41,51H,37H2. The number of hydrogen-bond acceptors (Lipinski definition) is 2. The van der Waals surface area contributed by atoms with E-state index >= 15 is 0 Å². The zero-order valence-electron chi connectivity index (χ0n) is 34.7. The smallest absolute Gasteiger partial charge is 0.132 e. The minimum absolute atomic E-state index is 0.143. The molecule has 1 heterocycles. The molecule has 298 valence electrons. The maximum atomic E-state index is 6.60. The van der Waals surface area contributed by atoms with Crippen LogP contribution < -0.4 is 9.64 Å². The van der Waals surface area contributed by atoms with Gasteiger partial charge in [0.05, 0.1) is 11.5 Å². The minimum Gasteiger partial charge on any atom is -0.457 e. The zero-order chi connectivity index (χ0) is 41.7. The number of nitrogens with zero attached hydrogens (tertiary/aromatic N) is 1. The number of rotatable bonds is 7. The van der Waals surface area contributed by atoms with Gasteiger partial charge in [-0.3, -0.25) is 0 Å². The first-order chi connectivity index (χ1) is 31.2. The molecule has 0 saturated heterocycles. The average Bonchev–Trinajstić information content (AvgIpc) is 3.65. The highest BCUT2D eigenvalue weighted by Crippen LogP contribution is 2.62. The van der Waals surface area contributed by atoms with Gasteiger partial charge in [0.2, 0.25) is 0 Å². The average molecular weight is 806 g/mol. The Morgan fingerprint density at radius 2 is 0.905 bits per heavy atom. The monoisotopic (exact) mass is 805 g/mol. The number of fused-ring (bicyclic) bond motifs is 9. The first-order valence-electron chi connectivity index (χ1n) is 21.9. The second-order valence-electron chi connectivity index (χ2n) is 16.8. The van der Waals surface area contributed by atoms with E-state index < -0.39 is 5.41 Å². The normalized spacial score (nSPS) is 15.0. The van der Waals surface area contributed by atoms with Crippen LogP contribution in [0, 0.1) is 0 Å². The van der Waals surface area contributed by atoms with Crippen LogP contribution in [0.15, 0.2) is 243 Å². The Hall–Kier alpha value is -7.94. The molecular formula is C61H43NO. The van der Waals surface area contributed by atoms with E-state index in [0.29, 0.717) is 0 Å². The maximum absolute atomic E-state index is 6.60. The summed E-state index contributed by atoms with van der Waals surface area (Å²) in [6.07, 6.45) is 7.94. The van der Waals surface area contributed by atoms with Gasteiger partial charge in [0.1, 0.15) is 11.5 Å². The summed E-state index contributed by atoms with van der Waals surface area (Å²) in [6, 6.07) is 81.8. The lowest BCUT2D eigenvalue weighted by Crippen LogP contribution is -2.32. The molecule has 9 aromatic rings. The van der Waals surface area contributed by atoms with E-state index in [1.807, 2.05) is 0 Å². The molecule has 0 aromatic heterocycles. The van der Waals surface area contributed by atoms with Gasteiger partial charge in [-0.05, 0) is 122 Å². The molecule has 3 aliphatic rings. The molecule has 0 saturated carbocycles. The number of hydrogen-bond donors (Lipinski definition) is 0. The third-order valence-corrected chi connectivity index (χ3v) is 13.3. The highest BCUT2D eigenvalue weighted by molar-refractivity contribution is 5.91. The molecule has 1 aliphatic heterocycles. The summed E-state index contributed by atoms with van der Waals surface area (Å²) >= 11 is 0. The lowest BCUT2D eigenvalue weighted by atomic mass is 9.66. The number of anilines is 2. The van der Waals surface area contributed by atoms with Crippen molar-refractivity contribution in [1.29, 1.82) is 0 Å². The fourth-order valence-electron chi connectivity index (χ4n) is 10.4. The van der Waals surface area contributed by atoms with Crippen LogP contribution in [0.2, 0.25) is 0 Å². The molecule has 0 N–H and O–H groups in total. The van der Waals surface area contributed by atoms with Crippen molar-refractivity contribution in [2.45, 2.75) is 17.9 Å². The summed E-state index contributed by atoms with van der Waals surface area (Å²) in [7, 11) is 0. The molecule has 0 fully saturated rings. The number of para-hydroxylation sites is 2. The van der Waals surface area contributed by atoms with Gasteiger partial charge in [0, 0.05) is 22.5 Å². The van der Waals surface area contributed by atoms with E-state index in [0.717, 1.165) is 29.3 Å². The summed E-state index contributed by atoms with van der Waals surface area (Å²) < 4.78 is 6.60. The third-order valence-electron chi connectivity index (χ3n) is 13.3. The van der Waals surface area contributed by atoms with Crippen LogP contribution in [0.5, 0.6) is 11.5 Å². The van der Waals surface area contributed by atoms with E-state index in [2.05, 4.69) is 248 Å². The molecule has 12 rings (SSSR count). The van der Waals surface area contributed by atoms with Gasteiger partial charge < -0.3 is 9.64 Å². The van der Waals surface area contributed by atoms with Crippen LogP contribution in [0.1, 0.15) is 34.2 Å². The van der Waals surface area contributed by atoms with Crippen molar-refractivity contribution in [3.63, 3.8) is 0 Å². The molecule has 9 aromatic carbocycles. The number of benzene rings is 9. The second-order valence-corrected chi connectivity index (χ2v) is 16.8. The maximum Gasteiger partial charge on any atom is 0.132 e. The van der Waals surface area contributed by atoms with E-state index in [1.54, 1.807) is 0 Å². The molecule has 0 radical (unpaired) electrons. The Bertz CT molecular complexity index is 3190. The van der Waals surface area contributed by atoms with E-state index in [9.17, 15) is 0 Å². The van der Waals surface area contributed by atoms with Crippen molar-refractivity contribution in [3.8, 4) is 56.0 Å². The van der Waals surface area contributed by atoms with Crippen molar-refractivity contribution in [1.82, 2.24) is 0 Å². The summed E-state index contributed by atoms with van der Waals surface area (Å²) in [5.41, 5.74) is 19.0. The molecule has 0 amide bonds. The van der Waals surface area contributed by atoms with Crippen LogP contribution in [0.25, 0.3) is 50.1 Å². The number of ether oxygens (including phenoxy) is 1. The van der Waals surface area contributed by atoms with Crippen molar-refractivity contribution >= 4 is 16.9 Å². The summed E-state index contributed by atoms with van der Waals surface area (Å²) in [6.45, 7) is 0. The van der Waals surface area contributed by atoms with Crippen LogP contribution in [0.3, 0.4) is 0 Å². The predicted octanol–water partition coefficient (Wildman–Crippen LogP) is 15.7. The quantitative estimate of drug-likeness (QED) is 0.159. The fraction of sp³-hybridized carbons (Fsp3) is 0.0492. The first-order valence-corrected chi connectivity index (χ1v) is 21.9. The van der Waals surface area contributed by atoms with Crippen molar-refractivity contribution in [2.75, 3.05) is 4.90 Å². The molecule has 1 spiro atoms. The highest BCUT2D eigenvalue weighted by Gasteiger charge is 2.51. The molecule has 1 atom stereocenters. The van der Waals surface area contributed by atoms with Gasteiger partial charge in [0.25, 0.3) is 0 Å². The fourth-order valence-corrected chi connectivity index (χ4v) is 10.4. The predicted molar refractivity (Wildman–Crippen MR) is 261 cm³/mol. The topological polar surface area (TPSA) is 12.5 Å². The van der Waals surface area contributed by atoms with Crippen LogP contribution in [0.4, 0.5) is 11.4 Å². The van der Waals surface area contributed by atoms with Gasteiger partial charge in [-0.25, -0.2) is 0 Å². The van der Waals surface area contributed by atoms with Gasteiger partial charge in [-0.1, -0.05) is 194 Å². The van der Waals surface area contributed by atoms with Crippen LogP contribution in [-0.2, 0) is 5.41 Å². The van der Waals surface area contributed by atoms with Crippen LogP contribution in [-0.4, -0.2) is 6.04 Å². The molecule has 0 bridgehead atoms. The molecule has 1 unspecified atom stereocenters. The Morgan fingerprint density at radius 3 is 1.59 bits per heavy atom. The molecule has 2 nitrogen and oxygen atoms in total. The van der Waals surface area contributed by atoms with Crippen LogP contribution >= 0.6 is 0 Å².